The molecule has 1 aromatic rings. The van der Waals surface area contributed by atoms with Crippen LogP contribution < -0.4 is 10.0 Å². The van der Waals surface area contributed by atoms with Gasteiger partial charge in [0.2, 0.25) is 10.0 Å². The average molecular weight is 310 g/mol. The van der Waals surface area contributed by atoms with Crippen LogP contribution in [0.5, 0.6) is 0 Å². The van der Waals surface area contributed by atoms with Gasteiger partial charge in [-0.05, 0) is 0 Å². The van der Waals surface area contributed by atoms with Gasteiger partial charge in [-0.25, -0.2) is 26.3 Å². The molecule has 0 amide bonds. The summed E-state index contributed by atoms with van der Waals surface area (Å²) in [5.41, 5.74) is 0. The second-order valence-corrected chi connectivity index (χ2v) is 6.01. The van der Waals surface area contributed by atoms with Gasteiger partial charge in [-0.3, -0.25) is 0 Å². The van der Waals surface area contributed by atoms with Gasteiger partial charge in [0, 0.05) is 32.3 Å². The molecular formula is C11H13F3N2O3S. The second kappa shape index (κ2) is 5.68. The van der Waals surface area contributed by atoms with Crippen LogP contribution in [0.15, 0.2) is 17.0 Å². The minimum absolute atomic E-state index is 0.266. The van der Waals surface area contributed by atoms with Gasteiger partial charge < -0.3 is 10.1 Å². The summed E-state index contributed by atoms with van der Waals surface area (Å²) in [7, 11) is -3.05. The third-order valence-electron chi connectivity index (χ3n) is 3.00. The molecule has 1 unspecified atom stereocenters. The van der Waals surface area contributed by atoms with Crippen LogP contribution in [0, 0.1) is 17.5 Å². The Morgan fingerprint density at radius 3 is 2.40 bits per heavy atom. The van der Waals surface area contributed by atoms with Crippen LogP contribution in [-0.4, -0.2) is 40.8 Å². The minimum atomic E-state index is -4.45. The molecule has 0 aliphatic carbocycles. The fourth-order valence-electron chi connectivity index (χ4n) is 2.06. The van der Waals surface area contributed by atoms with Crippen molar-refractivity contribution in [1.82, 2.24) is 10.0 Å². The van der Waals surface area contributed by atoms with Gasteiger partial charge in [0.25, 0.3) is 0 Å². The molecule has 2 atom stereocenters. The highest BCUT2D eigenvalue weighted by molar-refractivity contribution is 7.89. The molecule has 0 saturated carbocycles. The SMILES string of the molecule is CO[C@H]1CNCC1NS(=O)(=O)c1c(F)cc(F)cc1F. The maximum absolute atomic E-state index is 13.5. The van der Waals surface area contributed by atoms with Crippen molar-refractivity contribution in [1.29, 1.82) is 0 Å². The molecule has 0 bridgehead atoms. The molecule has 2 rings (SSSR count). The molecule has 0 aromatic heterocycles. The lowest BCUT2D eigenvalue weighted by molar-refractivity contribution is 0.103. The van der Waals surface area contributed by atoms with E-state index in [4.69, 9.17) is 4.74 Å². The third-order valence-corrected chi connectivity index (χ3v) is 4.54. The topological polar surface area (TPSA) is 67.4 Å². The molecule has 1 heterocycles. The highest BCUT2D eigenvalue weighted by Crippen LogP contribution is 2.21. The lowest BCUT2D eigenvalue weighted by atomic mass is 10.2. The van der Waals surface area contributed by atoms with Crippen LogP contribution in [0.4, 0.5) is 13.2 Å². The fourth-order valence-corrected chi connectivity index (χ4v) is 3.45. The lowest BCUT2D eigenvalue weighted by Crippen LogP contribution is -2.43. The quantitative estimate of drug-likeness (QED) is 0.843. The summed E-state index contributed by atoms with van der Waals surface area (Å²) in [5, 5.41) is 2.89. The first-order valence-corrected chi connectivity index (χ1v) is 7.24. The summed E-state index contributed by atoms with van der Waals surface area (Å²) < 4.78 is 71.0. The molecule has 5 nitrogen and oxygen atoms in total. The van der Waals surface area contributed by atoms with Crippen molar-refractivity contribution in [2.75, 3.05) is 20.2 Å². The lowest BCUT2D eigenvalue weighted by Gasteiger charge is -2.19. The Labute approximate surface area is 114 Å². The molecule has 1 aliphatic heterocycles. The molecule has 20 heavy (non-hydrogen) atoms. The molecule has 1 saturated heterocycles. The monoisotopic (exact) mass is 310 g/mol. The molecular weight excluding hydrogens is 297 g/mol. The number of sulfonamides is 1. The molecule has 1 aliphatic rings. The normalized spacial score (nSPS) is 23.2. The maximum Gasteiger partial charge on any atom is 0.246 e. The summed E-state index contributed by atoms with van der Waals surface area (Å²) in [6, 6.07) is -0.0229. The third kappa shape index (κ3) is 2.95. The molecule has 0 spiro atoms. The summed E-state index contributed by atoms with van der Waals surface area (Å²) >= 11 is 0. The highest BCUT2D eigenvalue weighted by atomic mass is 32.2. The summed E-state index contributed by atoms with van der Waals surface area (Å²) in [6.07, 6.45) is -0.448. The molecule has 9 heteroatoms. The van der Waals surface area contributed by atoms with E-state index in [1.165, 1.54) is 7.11 Å². The molecule has 2 N–H and O–H groups in total. The summed E-state index contributed by atoms with van der Waals surface area (Å²) in [4.78, 5) is -1.19. The Morgan fingerprint density at radius 1 is 1.25 bits per heavy atom. The van der Waals surface area contributed by atoms with Crippen LogP contribution in [0.1, 0.15) is 0 Å². The number of hydrogen-bond acceptors (Lipinski definition) is 4. The molecule has 112 valence electrons. The van der Waals surface area contributed by atoms with Crippen LogP contribution in [0.3, 0.4) is 0 Å². The second-order valence-electron chi connectivity index (χ2n) is 4.36. The van der Waals surface area contributed by atoms with Gasteiger partial charge in [-0.15, -0.1) is 0 Å². The largest absolute Gasteiger partial charge is 0.378 e. The summed E-state index contributed by atoms with van der Waals surface area (Å²) in [6.45, 7) is 0.681. The van der Waals surface area contributed by atoms with E-state index < -0.39 is 44.5 Å². The first-order valence-electron chi connectivity index (χ1n) is 5.75. The first kappa shape index (κ1) is 15.2. The molecule has 0 radical (unpaired) electrons. The van der Waals surface area contributed by atoms with Crippen LogP contribution in [0.25, 0.3) is 0 Å². The van der Waals surface area contributed by atoms with E-state index in [2.05, 4.69) is 10.0 Å². The van der Waals surface area contributed by atoms with Crippen LogP contribution >= 0.6 is 0 Å². The van der Waals surface area contributed by atoms with E-state index in [9.17, 15) is 21.6 Å². The fraction of sp³-hybridized carbons (Fsp3) is 0.455. The standard InChI is InChI=1S/C11H13F3N2O3S/c1-19-10-5-15-4-9(10)16-20(17,18)11-7(13)2-6(12)3-8(11)14/h2-3,9-10,15-16H,4-5H2,1H3/t9?,10-/m0/s1. The number of methoxy groups -OCH3 is 1. The van der Waals surface area contributed by atoms with E-state index in [-0.39, 0.29) is 6.54 Å². The van der Waals surface area contributed by atoms with Crippen molar-refractivity contribution in [2.24, 2.45) is 0 Å². The van der Waals surface area contributed by atoms with Gasteiger partial charge in [0.05, 0.1) is 12.1 Å². The Morgan fingerprint density at radius 2 is 1.85 bits per heavy atom. The number of ether oxygens (including phenoxy) is 1. The summed E-state index contributed by atoms with van der Waals surface area (Å²) in [5.74, 6) is -4.14. The van der Waals surface area contributed by atoms with Gasteiger partial charge in [-0.1, -0.05) is 0 Å². The van der Waals surface area contributed by atoms with Gasteiger partial charge in [-0.2, -0.15) is 0 Å². The van der Waals surface area contributed by atoms with Crippen molar-refractivity contribution in [2.45, 2.75) is 17.0 Å². The van der Waals surface area contributed by atoms with Gasteiger partial charge >= 0.3 is 0 Å². The maximum atomic E-state index is 13.5. The van der Waals surface area contributed by atoms with Gasteiger partial charge in [0.15, 0.2) is 4.90 Å². The molecule has 1 fully saturated rings. The van der Waals surface area contributed by atoms with Crippen molar-refractivity contribution >= 4 is 10.0 Å². The smallest absolute Gasteiger partial charge is 0.246 e. The zero-order chi connectivity index (χ0) is 14.9. The zero-order valence-corrected chi connectivity index (χ0v) is 11.3. The predicted octanol–water partition coefficient (Wildman–Crippen LogP) is 0.369. The van der Waals surface area contributed by atoms with E-state index in [0.717, 1.165) is 0 Å². The van der Waals surface area contributed by atoms with Crippen molar-refractivity contribution < 1.29 is 26.3 Å². The Hall–Kier alpha value is -1.16. The molecule has 1 aromatic carbocycles. The van der Waals surface area contributed by atoms with E-state index in [1.807, 2.05) is 0 Å². The van der Waals surface area contributed by atoms with Crippen LogP contribution in [-0.2, 0) is 14.8 Å². The van der Waals surface area contributed by atoms with Crippen molar-refractivity contribution in [3.63, 3.8) is 0 Å². The van der Waals surface area contributed by atoms with Crippen molar-refractivity contribution in [3.05, 3.63) is 29.6 Å². The number of rotatable bonds is 4. The minimum Gasteiger partial charge on any atom is -0.378 e. The Bertz CT molecular complexity index is 586. The first-order chi connectivity index (χ1) is 9.35. The van der Waals surface area contributed by atoms with Gasteiger partial charge in [0.1, 0.15) is 17.5 Å². The van der Waals surface area contributed by atoms with E-state index in [0.29, 0.717) is 18.7 Å². The Balaban J connectivity index is 2.32. The number of hydrogen-bond donors (Lipinski definition) is 2. The highest BCUT2D eigenvalue weighted by Gasteiger charge is 2.34. The van der Waals surface area contributed by atoms with Crippen molar-refractivity contribution in [3.8, 4) is 0 Å². The van der Waals surface area contributed by atoms with E-state index in [1.54, 1.807) is 0 Å². The number of nitrogens with one attached hydrogen (secondary N) is 2. The zero-order valence-electron chi connectivity index (χ0n) is 10.5. The average Bonchev–Trinajstić information content (AvgIpc) is 2.73. The Kier molecular flexibility index (Phi) is 4.33. The number of benzene rings is 1. The van der Waals surface area contributed by atoms with Crippen LogP contribution in [0.2, 0.25) is 0 Å². The number of halogens is 3. The predicted molar refractivity (Wildman–Crippen MR) is 64.1 cm³/mol. The van der Waals surface area contributed by atoms with E-state index >= 15 is 0 Å².